The van der Waals surface area contributed by atoms with Crippen molar-refractivity contribution in [1.82, 2.24) is 4.90 Å². The summed E-state index contributed by atoms with van der Waals surface area (Å²) in [5.74, 6) is -0.785. The monoisotopic (exact) mass is 433 g/mol. The van der Waals surface area contributed by atoms with Crippen LogP contribution in [0.25, 0.3) is 0 Å². The number of amides is 2. The number of carbonyl (C=O) groups excluding carboxylic acids is 2. The summed E-state index contributed by atoms with van der Waals surface area (Å²) < 4.78 is 0. The van der Waals surface area contributed by atoms with Crippen LogP contribution >= 0.6 is 12.4 Å². The van der Waals surface area contributed by atoms with E-state index >= 15 is 0 Å². The molecule has 0 fully saturated rings. The van der Waals surface area contributed by atoms with E-state index in [0.29, 0.717) is 18.5 Å². The van der Waals surface area contributed by atoms with Crippen LogP contribution in [0.1, 0.15) is 35.6 Å². The van der Waals surface area contributed by atoms with Crippen molar-refractivity contribution in [2.75, 3.05) is 6.54 Å². The molecular formula is C23H32ClN3O3. The molecule has 2 amide bonds. The maximum Gasteiger partial charge on any atom is 0.240 e. The van der Waals surface area contributed by atoms with Gasteiger partial charge in [-0.1, -0.05) is 36.4 Å². The first-order valence-electron chi connectivity index (χ1n) is 9.89. The van der Waals surface area contributed by atoms with Gasteiger partial charge in [0.05, 0.1) is 6.04 Å². The average molecular weight is 434 g/mol. The molecule has 2 atom stereocenters. The van der Waals surface area contributed by atoms with Crippen LogP contribution in [-0.2, 0) is 22.4 Å². The molecule has 2 rings (SSSR count). The van der Waals surface area contributed by atoms with Gasteiger partial charge in [0.2, 0.25) is 11.8 Å². The topological polar surface area (TPSA) is 110 Å². The molecule has 0 bridgehead atoms. The zero-order valence-electron chi connectivity index (χ0n) is 17.8. The molecule has 0 aliphatic heterocycles. The van der Waals surface area contributed by atoms with Crippen LogP contribution in [0.4, 0.5) is 0 Å². The van der Waals surface area contributed by atoms with Gasteiger partial charge in [-0.15, -0.1) is 12.4 Å². The van der Waals surface area contributed by atoms with Gasteiger partial charge >= 0.3 is 0 Å². The number of nitrogens with zero attached hydrogens (tertiary/aromatic N) is 1. The lowest BCUT2D eigenvalue weighted by Gasteiger charge is -2.30. The van der Waals surface area contributed by atoms with E-state index in [4.69, 9.17) is 11.5 Å². The minimum atomic E-state index is -0.874. The number of benzene rings is 2. The van der Waals surface area contributed by atoms with E-state index in [-0.39, 0.29) is 30.5 Å². The largest absolute Gasteiger partial charge is 0.508 e. The number of hydrogen-bond acceptors (Lipinski definition) is 4. The van der Waals surface area contributed by atoms with Crippen LogP contribution in [0.3, 0.4) is 0 Å². The number of nitrogens with two attached hydrogens (primary N) is 2. The van der Waals surface area contributed by atoms with Crippen molar-refractivity contribution in [2.45, 2.75) is 52.1 Å². The summed E-state index contributed by atoms with van der Waals surface area (Å²) >= 11 is 0. The fourth-order valence-electron chi connectivity index (χ4n) is 3.51. The second-order valence-electron chi connectivity index (χ2n) is 7.59. The van der Waals surface area contributed by atoms with E-state index in [9.17, 15) is 14.7 Å². The zero-order valence-corrected chi connectivity index (χ0v) is 18.6. The number of phenolic OH excluding ortho intramolecular Hbond substituents is 1. The molecule has 6 nitrogen and oxygen atoms in total. The fourth-order valence-corrected chi connectivity index (χ4v) is 3.51. The summed E-state index contributed by atoms with van der Waals surface area (Å²) in [6, 6.07) is 11.9. The summed E-state index contributed by atoms with van der Waals surface area (Å²) in [4.78, 5) is 26.2. The average Bonchev–Trinajstić information content (AvgIpc) is 2.67. The summed E-state index contributed by atoms with van der Waals surface area (Å²) in [6.45, 7) is 5.77. The van der Waals surface area contributed by atoms with Crippen molar-refractivity contribution in [2.24, 2.45) is 11.5 Å². The Kier molecular flexibility index (Phi) is 9.82. The van der Waals surface area contributed by atoms with Gasteiger partial charge in [-0.05, 0) is 61.9 Å². The highest BCUT2D eigenvalue weighted by Gasteiger charge is 2.28. The standard InChI is InChI=1S/C23H31N3O3.ClH/c1-15-12-16(2)19(21(27)13-15)14-20(24)23(29)26(17(3)22(25)28)11-7-10-18-8-5-4-6-9-18;/h4-6,8-9,12-13,17,20,27H,7,10-11,14,24H2,1-3H3,(H2,25,28);1H/t17-,20?;/m1./s1. The SMILES string of the molecule is Cc1cc(C)c(CC(N)C(=O)N(CCCc2ccccc2)[C@H](C)C(N)=O)c(O)c1.Cl. The molecule has 1 unspecified atom stereocenters. The molecule has 7 heteroatoms. The second-order valence-corrected chi connectivity index (χ2v) is 7.59. The van der Waals surface area contributed by atoms with Gasteiger partial charge in [0, 0.05) is 13.0 Å². The number of carbonyl (C=O) groups is 2. The lowest BCUT2D eigenvalue weighted by molar-refractivity contribution is -0.139. The van der Waals surface area contributed by atoms with Crippen LogP contribution < -0.4 is 11.5 Å². The summed E-state index contributed by atoms with van der Waals surface area (Å²) in [5, 5.41) is 10.3. The maximum absolute atomic E-state index is 13.0. The molecule has 0 saturated carbocycles. The first kappa shape index (κ1) is 25.5. The van der Waals surface area contributed by atoms with Gasteiger partial charge < -0.3 is 21.5 Å². The Morgan fingerprint density at radius 3 is 2.33 bits per heavy atom. The lowest BCUT2D eigenvalue weighted by atomic mass is 9.97. The Morgan fingerprint density at radius 1 is 1.13 bits per heavy atom. The Balaban J connectivity index is 0.00000450. The van der Waals surface area contributed by atoms with Gasteiger partial charge in [0.1, 0.15) is 11.8 Å². The number of halogens is 1. The molecule has 2 aromatic rings. The fraction of sp³-hybridized carbons (Fsp3) is 0.391. The molecule has 2 aromatic carbocycles. The Morgan fingerprint density at radius 2 is 1.77 bits per heavy atom. The Bertz CT molecular complexity index is 835. The number of rotatable bonds is 9. The van der Waals surface area contributed by atoms with Gasteiger partial charge in [0.25, 0.3) is 0 Å². The summed E-state index contributed by atoms with van der Waals surface area (Å²) in [7, 11) is 0. The van der Waals surface area contributed by atoms with Crippen molar-refractivity contribution in [3.8, 4) is 5.75 Å². The second kappa shape index (κ2) is 11.6. The van der Waals surface area contributed by atoms with Crippen molar-refractivity contribution >= 4 is 24.2 Å². The van der Waals surface area contributed by atoms with E-state index in [0.717, 1.165) is 23.1 Å². The van der Waals surface area contributed by atoms with Crippen LogP contribution in [0.5, 0.6) is 5.75 Å². The molecule has 5 N–H and O–H groups in total. The minimum absolute atomic E-state index is 0. The minimum Gasteiger partial charge on any atom is -0.508 e. The Labute approximate surface area is 184 Å². The van der Waals surface area contributed by atoms with Crippen LogP contribution in [-0.4, -0.2) is 40.4 Å². The molecule has 0 radical (unpaired) electrons. The van der Waals surface area contributed by atoms with Crippen molar-refractivity contribution in [3.05, 3.63) is 64.7 Å². The van der Waals surface area contributed by atoms with Gasteiger partial charge in [-0.25, -0.2) is 0 Å². The number of aryl methyl sites for hydroxylation is 3. The molecule has 30 heavy (non-hydrogen) atoms. The number of primary amides is 1. The third-order valence-electron chi connectivity index (χ3n) is 5.20. The maximum atomic E-state index is 13.0. The first-order valence-corrected chi connectivity index (χ1v) is 9.89. The quantitative estimate of drug-likeness (QED) is 0.564. The van der Waals surface area contributed by atoms with Crippen molar-refractivity contribution in [3.63, 3.8) is 0 Å². The van der Waals surface area contributed by atoms with Gasteiger partial charge in [0.15, 0.2) is 0 Å². The third kappa shape index (κ3) is 6.75. The zero-order chi connectivity index (χ0) is 21.6. The predicted octanol–water partition coefficient (Wildman–Crippen LogP) is 2.64. The smallest absolute Gasteiger partial charge is 0.240 e. The van der Waals surface area contributed by atoms with Crippen LogP contribution in [0.2, 0.25) is 0 Å². The highest BCUT2D eigenvalue weighted by Crippen LogP contribution is 2.24. The highest BCUT2D eigenvalue weighted by molar-refractivity contribution is 5.89. The highest BCUT2D eigenvalue weighted by atomic mass is 35.5. The predicted molar refractivity (Wildman–Crippen MR) is 122 cm³/mol. The summed E-state index contributed by atoms with van der Waals surface area (Å²) in [6.07, 6.45) is 1.66. The molecule has 0 aromatic heterocycles. The first-order chi connectivity index (χ1) is 13.7. The Hall–Kier alpha value is -2.57. The lowest BCUT2D eigenvalue weighted by Crippen LogP contribution is -2.53. The number of hydrogen-bond donors (Lipinski definition) is 3. The number of aromatic hydroxyl groups is 1. The van der Waals surface area contributed by atoms with E-state index < -0.39 is 18.0 Å². The van der Waals surface area contributed by atoms with E-state index in [1.54, 1.807) is 13.0 Å². The van der Waals surface area contributed by atoms with E-state index in [1.165, 1.54) is 4.90 Å². The molecule has 0 aliphatic rings. The van der Waals surface area contributed by atoms with Gasteiger partial charge in [-0.3, -0.25) is 9.59 Å². The van der Waals surface area contributed by atoms with Crippen LogP contribution in [0, 0.1) is 13.8 Å². The van der Waals surface area contributed by atoms with Crippen LogP contribution in [0.15, 0.2) is 42.5 Å². The molecule has 0 heterocycles. The third-order valence-corrected chi connectivity index (χ3v) is 5.20. The molecule has 0 aliphatic carbocycles. The molecular weight excluding hydrogens is 402 g/mol. The van der Waals surface area contributed by atoms with E-state index in [1.807, 2.05) is 50.2 Å². The number of phenols is 1. The van der Waals surface area contributed by atoms with Gasteiger partial charge in [-0.2, -0.15) is 0 Å². The molecule has 164 valence electrons. The molecule has 0 saturated heterocycles. The molecule has 0 spiro atoms. The van der Waals surface area contributed by atoms with E-state index in [2.05, 4.69) is 0 Å². The van der Waals surface area contributed by atoms with Crippen molar-refractivity contribution in [1.29, 1.82) is 0 Å². The normalized spacial score (nSPS) is 12.5. The van der Waals surface area contributed by atoms with Crippen molar-refractivity contribution < 1.29 is 14.7 Å². The summed E-state index contributed by atoms with van der Waals surface area (Å²) in [5.41, 5.74) is 15.3.